The first-order valence-corrected chi connectivity index (χ1v) is 4.51. The summed E-state index contributed by atoms with van der Waals surface area (Å²) in [6.07, 6.45) is 3.63. The normalized spacial score (nSPS) is 28.8. The van der Waals surface area contributed by atoms with E-state index in [1.807, 2.05) is 6.92 Å². The minimum atomic E-state index is 0.137. The highest BCUT2D eigenvalue weighted by molar-refractivity contribution is 5.75. The predicted octanol–water partition coefficient (Wildman–Crippen LogP) is -0.103. The van der Waals surface area contributed by atoms with Crippen LogP contribution in [0.5, 0.6) is 0 Å². The standard InChI is InChI=1S/C8H17N3O/c1-2-8(12)10-6-3-4-7(5-6)11-9/h6-7,11H,2-5,9H2,1H3,(H,10,12)/t6-,7+/m0/s1. The molecule has 0 unspecified atom stereocenters. The summed E-state index contributed by atoms with van der Waals surface area (Å²) in [4.78, 5) is 11.0. The minimum absolute atomic E-state index is 0.137. The maximum Gasteiger partial charge on any atom is 0.219 e. The third-order valence-corrected chi connectivity index (χ3v) is 2.35. The fraction of sp³-hybridized carbons (Fsp3) is 0.875. The molecular weight excluding hydrogens is 154 g/mol. The van der Waals surface area contributed by atoms with E-state index in [0.717, 1.165) is 19.3 Å². The van der Waals surface area contributed by atoms with Gasteiger partial charge in [0.2, 0.25) is 5.91 Å². The molecule has 70 valence electrons. The number of hydrogen-bond acceptors (Lipinski definition) is 3. The summed E-state index contributed by atoms with van der Waals surface area (Å²) in [5, 5.41) is 2.96. The molecule has 4 N–H and O–H groups in total. The Balaban J connectivity index is 2.23. The Kier molecular flexibility index (Phi) is 3.49. The van der Waals surface area contributed by atoms with Crippen molar-refractivity contribution in [3.05, 3.63) is 0 Å². The molecular formula is C8H17N3O. The first kappa shape index (κ1) is 9.48. The number of hydrazine groups is 1. The third kappa shape index (κ3) is 2.46. The Hall–Kier alpha value is -0.610. The number of hydrogen-bond donors (Lipinski definition) is 3. The second-order valence-corrected chi connectivity index (χ2v) is 3.29. The monoisotopic (exact) mass is 171 g/mol. The Labute approximate surface area is 72.9 Å². The molecule has 2 atom stereocenters. The summed E-state index contributed by atoms with van der Waals surface area (Å²) in [7, 11) is 0. The average Bonchev–Trinajstić information content (AvgIpc) is 2.52. The van der Waals surface area contributed by atoms with Gasteiger partial charge in [-0.05, 0) is 19.3 Å². The van der Waals surface area contributed by atoms with E-state index in [4.69, 9.17) is 5.84 Å². The van der Waals surface area contributed by atoms with Crippen LogP contribution in [0, 0.1) is 0 Å². The lowest BCUT2D eigenvalue weighted by molar-refractivity contribution is -0.121. The first-order chi connectivity index (χ1) is 5.76. The zero-order chi connectivity index (χ0) is 8.97. The van der Waals surface area contributed by atoms with E-state index < -0.39 is 0 Å². The highest BCUT2D eigenvalue weighted by Gasteiger charge is 2.24. The molecule has 12 heavy (non-hydrogen) atoms. The maximum absolute atomic E-state index is 11.0. The fourth-order valence-corrected chi connectivity index (χ4v) is 1.59. The Morgan fingerprint density at radius 1 is 1.50 bits per heavy atom. The molecule has 4 heteroatoms. The number of carbonyl (C=O) groups excluding carboxylic acids is 1. The quantitative estimate of drug-likeness (QED) is 0.410. The first-order valence-electron chi connectivity index (χ1n) is 4.51. The number of carbonyl (C=O) groups is 1. The molecule has 0 heterocycles. The SMILES string of the molecule is CCC(=O)N[C@H]1CC[C@@H](NN)C1. The summed E-state index contributed by atoms with van der Waals surface area (Å²) in [5.74, 6) is 5.43. The van der Waals surface area contributed by atoms with Gasteiger partial charge in [-0.2, -0.15) is 0 Å². The number of nitrogens with two attached hydrogens (primary N) is 1. The predicted molar refractivity (Wildman–Crippen MR) is 47.2 cm³/mol. The van der Waals surface area contributed by atoms with Crippen LogP contribution in [-0.2, 0) is 4.79 Å². The van der Waals surface area contributed by atoms with Crippen molar-refractivity contribution in [3.63, 3.8) is 0 Å². The van der Waals surface area contributed by atoms with Crippen molar-refractivity contribution in [1.82, 2.24) is 10.7 Å². The topological polar surface area (TPSA) is 67.2 Å². The van der Waals surface area contributed by atoms with Crippen LogP contribution in [0.15, 0.2) is 0 Å². The van der Waals surface area contributed by atoms with E-state index in [9.17, 15) is 4.79 Å². The summed E-state index contributed by atoms with van der Waals surface area (Å²) < 4.78 is 0. The number of amides is 1. The van der Waals surface area contributed by atoms with Gasteiger partial charge < -0.3 is 5.32 Å². The summed E-state index contributed by atoms with van der Waals surface area (Å²) in [6.45, 7) is 1.86. The van der Waals surface area contributed by atoms with Gasteiger partial charge in [-0.15, -0.1) is 0 Å². The number of nitrogens with one attached hydrogen (secondary N) is 2. The molecule has 1 fully saturated rings. The molecule has 1 amide bonds. The van der Waals surface area contributed by atoms with Gasteiger partial charge in [0.25, 0.3) is 0 Å². The Morgan fingerprint density at radius 3 is 2.67 bits per heavy atom. The van der Waals surface area contributed by atoms with Crippen molar-refractivity contribution in [2.75, 3.05) is 0 Å². The fourth-order valence-electron chi connectivity index (χ4n) is 1.59. The molecule has 0 bridgehead atoms. The minimum Gasteiger partial charge on any atom is -0.353 e. The van der Waals surface area contributed by atoms with Crippen LogP contribution in [0.1, 0.15) is 32.6 Å². The molecule has 1 saturated carbocycles. The molecule has 1 rings (SSSR count). The average molecular weight is 171 g/mol. The van der Waals surface area contributed by atoms with Crippen molar-refractivity contribution < 1.29 is 4.79 Å². The molecule has 0 aromatic carbocycles. The molecule has 1 aliphatic carbocycles. The van der Waals surface area contributed by atoms with Gasteiger partial charge in [0, 0.05) is 18.5 Å². The molecule has 0 saturated heterocycles. The van der Waals surface area contributed by atoms with Gasteiger partial charge in [-0.1, -0.05) is 6.92 Å². The van der Waals surface area contributed by atoms with Gasteiger partial charge in [0.05, 0.1) is 0 Å². The van der Waals surface area contributed by atoms with Crippen LogP contribution in [0.4, 0.5) is 0 Å². The van der Waals surface area contributed by atoms with Crippen molar-refractivity contribution >= 4 is 5.91 Å². The van der Waals surface area contributed by atoms with Gasteiger partial charge >= 0.3 is 0 Å². The zero-order valence-electron chi connectivity index (χ0n) is 7.47. The lowest BCUT2D eigenvalue weighted by atomic mass is 10.2. The molecule has 1 aliphatic rings. The Bertz CT molecular complexity index is 160. The second kappa shape index (κ2) is 4.42. The van der Waals surface area contributed by atoms with Gasteiger partial charge in [0.15, 0.2) is 0 Å². The highest BCUT2D eigenvalue weighted by atomic mass is 16.1. The lowest BCUT2D eigenvalue weighted by Crippen LogP contribution is -2.37. The van der Waals surface area contributed by atoms with E-state index in [1.54, 1.807) is 0 Å². The van der Waals surface area contributed by atoms with Gasteiger partial charge in [0.1, 0.15) is 0 Å². The highest BCUT2D eigenvalue weighted by Crippen LogP contribution is 2.18. The van der Waals surface area contributed by atoms with Crippen LogP contribution < -0.4 is 16.6 Å². The van der Waals surface area contributed by atoms with Crippen LogP contribution >= 0.6 is 0 Å². The van der Waals surface area contributed by atoms with Crippen LogP contribution in [0.3, 0.4) is 0 Å². The molecule has 0 aliphatic heterocycles. The van der Waals surface area contributed by atoms with Crippen molar-refractivity contribution in [3.8, 4) is 0 Å². The van der Waals surface area contributed by atoms with Crippen LogP contribution in [-0.4, -0.2) is 18.0 Å². The smallest absolute Gasteiger partial charge is 0.219 e. The van der Waals surface area contributed by atoms with Gasteiger partial charge in [-0.25, -0.2) is 0 Å². The van der Waals surface area contributed by atoms with Crippen molar-refractivity contribution in [2.45, 2.75) is 44.7 Å². The molecule has 0 radical (unpaired) electrons. The van der Waals surface area contributed by atoms with Crippen LogP contribution in [0.2, 0.25) is 0 Å². The second-order valence-electron chi connectivity index (χ2n) is 3.29. The van der Waals surface area contributed by atoms with E-state index in [1.165, 1.54) is 0 Å². The van der Waals surface area contributed by atoms with E-state index >= 15 is 0 Å². The van der Waals surface area contributed by atoms with E-state index in [0.29, 0.717) is 18.5 Å². The maximum atomic E-state index is 11.0. The summed E-state index contributed by atoms with van der Waals surface area (Å²) in [6, 6.07) is 0.714. The van der Waals surface area contributed by atoms with Crippen molar-refractivity contribution in [1.29, 1.82) is 0 Å². The van der Waals surface area contributed by atoms with Crippen LogP contribution in [0.25, 0.3) is 0 Å². The Morgan fingerprint density at radius 2 is 2.17 bits per heavy atom. The molecule has 0 spiro atoms. The number of rotatable bonds is 3. The van der Waals surface area contributed by atoms with Crippen molar-refractivity contribution in [2.24, 2.45) is 5.84 Å². The molecule has 0 aromatic rings. The van der Waals surface area contributed by atoms with Gasteiger partial charge in [-0.3, -0.25) is 16.1 Å². The molecule has 0 aromatic heterocycles. The largest absolute Gasteiger partial charge is 0.353 e. The third-order valence-electron chi connectivity index (χ3n) is 2.35. The zero-order valence-corrected chi connectivity index (χ0v) is 7.47. The summed E-state index contributed by atoms with van der Waals surface area (Å²) >= 11 is 0. The molecule has 4 nitrogen and oxygen atoms in total. The summed E-state index contributed by atoms with van der Waals surface area (Å²) in [5.41, 5.74) is 2.73. The lowest BCUT2D eigenvalue weighted by Gasteiger charge is -2.11. The van der Waals surface area contributed by atoms with E-state index in [-0.39, 0.29) is 5.91 Å². The van der Waals surface area contributed by atoms with E-state index in [2.05, 4.69) is 10.7 Å².